The van der Waals surface area contributed by atoms with Crippen molar-refractivity contribution in [1.82, 2.24) is 0 Å². The molecule has 5 heteroatoms. The number of ether oxygens (including phenoxy) is 2. The van der Waals surface area contributed by atoms with E-state index in [9.17, 15) is 9.90 Å². The molecule has 0 spiro atoms. The van der Waals surface area contributed by atoms with Crippen LogP contribution >= 0.6 is 0 Å². The minimum atomic E-state index is -0.576. The number of aromatic hydroxyl groups is 2. The van der Waals surface area contributed by atoms with E-state index in [1.54, 1.807) is 31.4 Å². The summed E-state index contributed by atoms with van der Waals surface area (Å²) in [5.74, 6) is 0.307. The maximum Gasteiger partial charge on any atom is 0.336 e. The van der Waals surface area contributed by atoms with Gasteiger partial charge in [0.1, 0.15) is 23.0 Å². The van der Waals surface area contributed by atoms with Crippen molar-refractivity contribution in [3.63, 3.8) is 0 Å². The van der Waals surface area contributed by atoms with Crippen molar-refractivity contribution < 1.29 is 24.5 Å². The molecule has 0 aromatic heterocycles. The Balaban J connectivity index is 2.01. The Bertz CT molecular complexity index is 659. The summed E-state index contributed by atoms with van der Waals surface area (Å²) >= 11 is 0. The predicted octanol–water partition coefficient (Wildman–Crippen LogP) is 2.73. The minimum absolute atomic E-state index is 0.0505. The lowest BCUT2D eigenvalue weighted by Gasteiger charge is -2.03. The zero-order valence-corrected chi connectivity index (χ0v) is 11.3. The molecule has 0 heterocycles. The molecule has 0 aliphatic heterocycles. The monoisotopic (exact) mass is 286 g/mol. The van der Waals surface area contributed by atoms with Crippen LogP contribution in [0.4, 0.5) is 0 Å². The Morgan fingerprint density at radius 2 is 1.71 bits per heavy atom. The van der Waals surface area contributed by atoms with Crippen LogP contribution in [0.25, 0.3) is 6.08 Å². The van der Waals surface area contributed by atoms with Crippen LogP contribution in [0.5, 0.6) is 23.0 Å². The summed E-state index contributed by atoms with van der Waals surface area (Å²) < 4.78 is 10.1. The predicted molar refractivity (Wildman–Crippen MR) is 77.4 cm³/mol. The van der Waals surface area contributed by atoms with Gasteiger partial charge in [0.15, 0.2) is 0 Å². The Morgan fingerprint density at radius 3 is 2.33 bits per heavy atom. The molecule has 0 bridgehead atoms. The third-order valence-corrected chi connectivity index (χ3v) is 2.69. The molecule has 0 atom stereocenters. The van der Waals surface area contributed by atoms with Crippen LogP contribution in [0, 0.1) is 0 Å². The number of hydrogen-bond donors (Lipinski definition) is 2. The quantitative estimate of drug-likeness (QED) is 0.513. The number of methoxy groups -OCH3 is 1. The van der Waals surface area contributed by atoms with Gasteiger partial charge in [0.25, 0.3) is 0 Å². The smallest absolute Gasteiger partial charge is 0.336 e. The summed E-state index contributed by atoms with van der Waals surface area (Å²) in [4.78, 5) is 11.6. The Hall–Kier alpha value is -2.95. The van der Waals surface area contributed by atoms with Crippen molar-refractivity contribution in [1.29, 1.82) is 0 Å². The molecular formula is C16H14O5. The molecular weight excluding hydrogens is 272 g/mol. The van der Waals surface area contributed by atoms with E-state index in [4.69, 9.17) is 14.6 Å². The van der Waals surface area contributed by atoms with Crippen molar-refractivity contribution >= 4 is 12.0 Å². The van der Waals surface area contributed by atoms with Crippen LogP contribution in [-0.4, -0.2) is 23.3 Å². The van der Waals surface area contributed by atoms with E-state index >= 15 is 0 Å². The van der Waals surface area contributed by atoms with Gasteiger partial charge in [0.05, 0.1) is 7.11 Å². The summed E-state index contributed by atoms with van der Waals surface area (Å²) in [6.45, 7) is 0. The lowest BCUT2D eigenvalue weighted by Crippen LogP contribution is -2.03. The van der Waals surface area contributed by atoms with Crippen LogP contribution in [-0.2, 0) is 4.79 Å². The molecule has 21 heavy (non-hydrogen) atoms. The Morgan fingerprint density at radius 1 is 1.05 bits per heavy atom. The molecule has 108 valence electrons. The van der Waals surface area contributed by atoms with Crippen LogP contribution in [0.2, 0.25) is 0 Å². The van der Waals surface area contributed by atoms with Gasteiger partial charge in [0, 0.05) is 17.7 Å². The summed E-state index contributed by atoms with van der Waals surface area (Å²) in [6, 6.07) is 10.7. The molecule has 2 aromatic rings. The average Bonchev–Trinajstić information content (AvgIpc) is 2.47. The average molecular weight is 286 g/mol. The molecule has 0 aliphatic rings. The number of phenolic OH excluding ortho intramolecular Hbond substituents is 2. The van der Waals surface area contributed by atoms with Gasteiger partial charge in [-0.2, -0.15) is 0 Å². The van der Waals surface area contributed by atoms with Gasteiger partial charge in [-0.15, -0.1) is 0 Å². The minimum Gasteiger partial charge on any atom is -0.508 e. The van der Waals surface area contributed by atoms with E-state index < -0.39 is 5.97 Å². The van der Waals surface area contributed by atoms with Crippen molar-refractivity contribution in [2.75, 3.05) is 7.11 Å². The van der Waals surface area contributed by atoms with E-state index in [1.165, 1.54) is 30.4 Å². The van der Waals surface area contributed by atoms with Gasteiger partial charge in [-0.3, -0.25) is 0 Å². The normalized spacial score (nSPS) is 10.5. The summed E-state index contributed by atoms with van der Waals surface area (Å²) in [7, 11) is 1.55. The molecule has 0 aliphatic carbocycles. The second-order valence-electron chi connectivity index (χ2n) is 4.17. The zero-order chi connectivity index (χ0) is 15.2. The highest BCUT2D eigenvalue weighted by Crippen LogP contribution is 2.23. The molecule has 2 N–H and O–H groups in total. The molecule has 5 nitrogen and oxygen atoms in total. The summed E-state index contributed by atoms with van der Waals surface area (Å²) in [5, 5.41) is 18.7. The van der Waals surface area contributed by atoms with Gasteiger partial charge in [-0.05, 0) is 42.5 Å². The summed E-state index contributed by atoms with van der Waals surface area (Å²) in [6.07, 6.45) is 2.59. The number of rotatable bonds is 4. The fraction of sp³-hybridized carbons (Fsp3) is 0.0625. The van der Waals surface area contributed by atoms with Gasteiger partial charge in [-0.25, -0.2) is 4.79 Å². The first-order chi connectivity index (χ1) is 10.1. The standard InChI is InChI=1S/C16H14O5/c1-20-13-5-7-14(8-6-13)21-16(19)9-3-11-2-4-12(17)10-15(11)18/h2-10,17-18H,1H3. The fourth-order valence-corrected chi connectivity index (χ4v) is 1.62. The highest BCUT2D eigenvalue weighted by molar-refractivity contribution is 5.89. The number of benzene rings is 2. The first-order valence-electron chi connectivity index (χ1n) is 6.14. The highest BCUT2D eigenvalue weighted by atomic mass is 16.5. The second-order valence-corrected chi connectivity index (χ2v) is 4.17. The van der Waals surface area contributed by atoms with Gasteiger partial charge < -0.3 is 19.7 Å². The summed E-state index contributed by atoms with van der Waals surface area (Å²) in [5.41, 5.74) is 0.402. The van der Waals surface area contributed by atoms with Crippen LogP contribution in [0.3, 0.4) is 0 Å². The molecule has 0 amide bonds. The van der Waals surface area contributed by atoms with E-state index in [2.05, 4.69) is 0 Å². The number of carbonyl (C=O) groups excluding carboxylic acids is 1. The maximum absolute atomic E-state index is 11.6. The number of hydrogen-bond acceptors (Lipinski definition) is 5. The largest absolute Gasteiger partial charge is 0.508 e. The molecule has 0 unspecified atom stereocenters. The second kappa shape index (κ2) is 6.47. The van der Waals surface area contributed by atoms with Crippen molar-refractivity contribution in [3.8, 4) is 23.0 Å². The highest BCUT2D eigenvalue weighted by Gasteiger charge is 2.03. The maximum atomic E-state index is 11.6. The van der Waals surface area contributed by atoms with E-state index in [-0.39, 0.29) is 11.5 Å². The third kappa shape index (κ3) is 4.01. The zero-order valence-electron chi connectivity index (χ0n) is 11.3. The van der Waals surface area contributed by atoms with Crippen molar-refractivity contribution in [2.45, 2.75) is 0 Å². The molecule has 2 rings (SSSR count). The number of esters is 1. The van der Waals surface area contributed by atoms with Gasteiger partial charge in [-0.1, -0.05) is 0 Å². The fourth-order valence-electron chi connectivity index (χ4n) is 1.62. The molecule has 2 aromatic carbocycles. The van der Waals surface area contributed by atoms with Crippen LogP contribution in [0.1, 0.15) is 5.56 Å². The number of carbonyl (C=O) groups is 1. The lowest BCUT2D eigenvalue weighted by molar-refractivity contribution is -0.128. The third-order valence-electron chi connectivity index (χ3n) is 2.69. The molecule has 0 radical (unpaired) electrons. The van der Waals surface area contributed by atoms with Crippen molar-refractivity contribution in [2.24, 2.45) is 0 Å². The lowest BCUT2D eigenvalue weighted by atomic mass is 10.2. The van der Waals surface area contributed by atoms with Gasteiger partial charge >= 0.3 is 5.97 Å². The molecule has 0 saturated heterocycles. The topological polar surface area (TPSA) is 76.0 Å². The van der Waals surface area contributed by atoms with Crippen LogP contribution in [0.15, 0.2) is 48.5 Å². The van der Waals surface area contributed by atoms with Crippen molar-refractivity contribution in [3.05, 3.63) is 54.1 Å². The molecule has 0 fully saturated rings. The Kier molecular flexibility index (Phi) is 4.46. The van der Waals surface area contributed by atoms with E-state index in [1.807, 2.05) is 0 Å². The van der Waals surface area contributed by atoms with E-state index in [0.29, 0.717) is 17.1 Å². The van der Waals surface area contributed by atoms with E-state index in [0.717, 1.165) is 0 Å². The first kappa shape index (κ1) is 14.5. The number of phenols is 2. The first-order valence-corrected chi connectivity index (χ1v) is 6.14. The molecule has 0 saturated carbocycles. The Labute approximate surface area is 121 Å². The van der Waals surface area contributed by atoms with Crippen LogP contribution < -0.4 is 9.47 Å². The van der Waals surface area contributed by atoms with Gasteiger partial charge in [0.2, 0.25) is 0 Å². The SMILES string of the molecule is COc1ccc(OC(=O)C=Cc2ccc(O)cc2O)cc1.